The van der Waals surface area contributed by atoms with Crippen LogP contribution in [0.5, 0.6) is 0 Å². The quantitative estimate of drug-likeness (QED) is 0.435. The Hall–Kier alpha value is -1.10. The Morgan fingerprint density at radius 2 is 1.46 bits per heavy atom. The average molecular weight is 396 g/mol. The summed E-state index contributed by atoms with van der Waals surface area (Å²) < 4.78 is 0. The highest BCUT2D eigenvalue weighted by molar-refractivity contribution is 5.79. The van der Waals surface area contributed by atoms with Gasteiger partial charge >= 0.3 is 0 Å². The molecule has 3 N–H and O–H groups in total. The van der Waals surface area contributed by atoms with Gasteiger partial charge in [-0.25, -0.2) is 0 Å². The second kappa shape index (κ2) is 11.8. The lowest BCUT2D eigenvalue weighted by Gasteiger charge is -2.48. The highest BCUT2D eigenvalue weighted by atomic mass is 16.2. The predicted octanol–water partition coefficient (Wildman–Crippen LogP) is 4.16. The summed E-state index contributed by atoms with van der Waals surface area (Å²) in [7, 11) is 0. The highest BCUT2D eigenvalue weighted by Crippen LogP contribution is 2.38. The van der Waals surface area contributed by atoms with E-state index in [0.717, 1.165) is 64.5 Å². The molecule has 1 fully saturated rings. The Morgan fingerprint density at radius 3 is 2.00 bits per heavy atom. The Bertz CT molecular complexity index is 472. The van der Waals surface area contributed by atoms with Gasteiger partial charge < -0.3 is 16.0 Å². The topological polar surface area (TPSA) is 70.2 Å². The lowest BCUT2D eigenvalue weighted by molar-refractivity contribution is -0.129. The van der Waals surface area contributed by atoms with Crippen LogP contribution in [0.15, 0.2) is 0 Å². The minimum Gasteiger partial charge on any atom is -0.356 e. The summed E-state index contributed by atoms with van der Waals surface area (Å²) in [6.07, 6.45) is 8.26. The fraction of sp³-hybridized carbons (Fsp3) is 0.913. The van der Waals surface area contributed by atoms with Gasteiger partial charge in [-0.1, -0.05) is 26.7 Å². The minimum absolute atomic E-state index is 0.0130. The SMILES string of the molecule is CCCCNC(=O)CCCC(C(=O)NCCCC)C1CC(C)(C)NC(C)(C)C1. The third-order valence-electron chi connectivity index (χ3n) is 5.73. The minimum atomic E-state index is -0.0130. The first-order chi connectivity index (χ1) is 13.1. The zero-order valence-corrected chi connectivity index (χ0v) is 19.2. The maximum atomic E-state index is 13.0. The van der Waals surface area contributed by atoms with E-state index in [4.69, 9.17) is 0 Å². The molecule has 1 rings (SSSR count). The molecule has 1 saturated heterocycles. The summed E-state index contributed by atoms with van der Waals surface area (Å²) in [6, 6.07) is 0. The Kier molecular flexibility index (Phi) is 10.5. The molecule has 0 spiro atoms. The Balaban J connectivity index is 2.71. The van der Waals surface area contributed by atoms with Crippen molar-refractivity contribution in [3.63, 3.8) is 0 Å². The van der Waals surface area contributed by atoms with E-state index in [9.17, 15) is 9.59 Å². The molecule has 28 heavy (non-hydrogen) atoms. The van der Waals surface area contributed by atoms with E-state index in [-0.39, 0.29) is 28.8 Å². The molecule has 2 amide bonds. The summed E-state index contributed by atoms with van der Waals surface area (Å²) in [5.74, 6) is 0.625. The van der Waals surface area contributed by atoms with Crippen LogP contribution < -0.4 is 16.0 Å². The lowest BCUT2D eigenvalue weighted by Crippen LogP contribution is -2.59. The molecule has 1 atom stereocenters. The van der Waals surface area contributed by atoms with Crippen LogP contribution in [0, 0.1) is 11.8 Å². The largest absolute Gasteiger partial charge is 0.356 e. The van der Waals surface area contributed by atoms with Gasteiger partial charge in [0.25, 0.3) is 0 Å². The predicted molar refractivity (Wildman–Crippen MR) is 117 cm³/mol. The molecule has 164 valence electrons. The summed E-state index contributed by atoms with van der Waals surface area (Å²) in [5, 5.41) is 9.86. The number of piperidine rings is 1. The van der Waals surface area contributed by atoms with E-state index in [1.807, 2.05) is 0 Å². The van der Waals surface area contributed by atoms with E-state index in [0.29, 0.717) is 12.3 Å². The van der Waals surface area contributed by atoms with Gasteiger partial charge in [0.05, 0.1) is 0 Å². The lowest BCUT2D eigenvalue weighted by atomic mass is 9.69. The van der Waals surface area contributed by atoms with Crippen LogP contribution in [0.1, 0.15) is 99.3 Å². The average Bonchev–Trinajstić information content (AvgIpc) is 2.56. The van der Waals surface area contributed by atoms with Crippen LogP contribution >= 0.6 is 0 Å². The van der Waals surface area contributed by atoms with Gasteiger partial charge in [-0.05, 0) is 72.1 Å². The molecule has 5 nitrogen and oxygen atoms in total. The smallest absolute Gasteiger partial charge is 0.223 e. The summed E-state index contributed by atoms with van der Waals surface area (Å²) >= 11 is 0. The van der Waals surface area contributed by atoms with Gasteiger partial charge in [-0.15, -0.1) is 0 Å². The fourth-order valence-corrected chi connectivity index (χ4v) is 4.76. The molecule has 5 heteroatoms. The van der Waals surface area contributed by atoms with Gasteiger partial charge in [0.1, 0.15) is 0 Å². The zero-order valence-electron chi connectivity index (χ0n) is 19.2. The van der Waals surface area contributed by atoms with Crippen molar-refractivity contribution in [2.45, 2.75) is 110 Å². The van der Waals surface area contributed by atoms with Crippen LogP contribution in [-0.4, -0.2) is 36.0 Å². The second-order valence-electron chi connectivity index (χ2n) is 9.91. The summed E-state index contributed by atoms with van der Waals surface area (Å²) in [4.78, 5) is 25.0. The van der Waals surface area contributed by atoms with Crippen molar-refractivity contribution in [3.05, 3.63) is 0 Å². The van der Waals surface area contributed by atoms with Crippen LogP contribution in [0.25, 0.3) is 0 Å². The number of hydrogen-bond acceptors (Lipinski definition) is 3. The third-order valence-corrected chi connectivity index (χ3v) is 5.73. The second-order valence-corrected chi connectivity index (χ2v) is 9.91. The molecule has 0 saturated carbocycles. The van der Waals surface area contributed by atoms with E-state index in [1.54, 1.807) is 0 Å². The highest BCUT2D eigenvalue weighted by Gasteiger charge is 2.42. The van der Waals surface area contributed by atoms with Crippen molar-refractivity contribution in [3.8, 4) is 0 Å². The van der Waals surface area contributed by atoms with Gasteiger partial charge in [0.2, 0.25) is 11.8 Å². The van der Waals surface area contributed by atoms with Crippen molar-refractivity contribution >= 4 is 11.8 Å². The van der Waals surface area contributed by atoms with E-state index in [1.165, 1.54) is 0 Å². The van der Waals surface area contributed by atoms with Crippen molar-refractivity contribution < 1.29 is 9.59 Å². The van der Waals surface area contributed by atoms with E-state index < -0.39 is 0 Å². The number of nitrogens with one attached hydrogen (secondary N) is 3. The summed E-state index contributed by atoms with van der Waals surface area (Å²) in [6.45, 7) is 14.7. The molecule has 0 bridgehead atoms. The molecule has 1 heterocycles. The third kappa shape index (κ3) is 9.40. The first-order valence-corrected chi connectivity index (χ1v) is 11.4. The molecular weight excluding hydrogens is 350 g/mol. The molecule has 0 aromatic rings. The monoisotopic (exact) mass is 395 g/mol. The number of carbonyl (C=O) groups is 2. The van der Waals surface area contributed by atoms with Gasteiger partial charge in [0.15, 0.2) is 0 Å². The van der Waals surface area contributed by atoms with Crippen LogP contribution in [0.2, 0.25) is 0 Å². The van der Waals surface area contributed by atoms with Gasteiger partial charge in [0, 0.05) is 36.5 Å². The molecule has 0 aliphatic carbocycles. The summed E-state index contributed by atoms with van der Waals surface area (Å²) in [5.41, 5.74) is 0.0395. The number of hydrogen-bond donors (Lipinski definition) is 3. The molecule has 1 aliphatic rings. The first-order valence-electron chi connectivity index (χ1n) is 11.4. The standard InChI is InChI=1S/C23H45N3O2/c1-7-9-14-24-20(27)13-11-12-19(21(28)25-15-10-8-2)18-16-22(3,4)26-23(5,6)17-18/h18-19,26H,7-17H2,1-6H3,(H,24,27)(H,25,28). The van der Waals surface area contributed by atoms with Crippen molar-refractivity contribution in [2.24, 2.45) is 11.8 Å². The van der Waals surface area contributed by atoms with E-state index in [2.05, 4.69) is 57.5 Å². The number of carbonyl (C=O) groups excluding carboxylic acids is 2. The normalized spacial score (nSPS) is 19.8. The van der Waals surface area contributed by atoms with Crippen LogP contribution in [0.4, 0.5) is 0 Å². The van der Waals surface area contributed by atoms with E-state index >= 15 is 0 Å². The first kappa shape index (κ1) is 24.9. The Morgan fingerprint density at radius 1 is 0.929 bits per heavy atom. The van der Waals surface area contributed by atoms with Crippen LogP contribution in [0.3, 0.4) is 0 Å². The van der Waals surface area contributed by atoms with Crippen molar-refractivity contribution in [1.82, 2.24) is 16.0 Å². The van der Waals surface area contributed by atoms with Crippen LogP contribution in [-0.2, 0) is 9.59 Å². The molecule has 1 unspecified atom stereocenters. The molecule has 1 aliphatic heterocycles. The van der Waals surface area contributed by atoms with Crippen molar-refractivity contribution in [1.29, 1.82) is 0 Å². The fourth-order valence-electron chi connectivity index (χ4n) is 4.76. The number of amides is 2. The Labute approximate surface area is 173 Å². The van der Waals surface area contributed by atoms with Gasteiger partial charge in [-0.3, -0.25) is 9.59 Å². The zero-order chi connectivity index (χ0) is 21.2. The number of rotatable bonds is 12. The molecule has 0 aromatic carbocycles. The molecule has 0 radical (unpaired) electrons. The van der Waals surface area contributed by atoms with Gasteiger partial charge in [-0.2, -0.15) is 0 Å². The maximum absolute atomic E-state index is 13.0. The maximum Gasteiger partial charge on any atom is 0.223 e. The number of unbranched alkanes of at least 4 members (excludes halogenated alkanes) is 2. The molecule has 0 aromatic heterocycles. The van der Waals surface area contributed by atoms with Crippen molar-refractivity contribution in [2.75, 3.05) is 13.1 Å². The molecular formula is C23H45N3O2.